The van der Waals surface area contributed by atoms with E-state index in [0.717, 1.165) is 61.0 Å². The molecular formula is C45H30N2O. The summed E-state index contributed by atoms with van der Waals surface area (Å²) in [6.07, 6.45) is 0. The molecule has 9 rings (SSSR count). The first-order valence-electron chi connectivity index (χ1n) is 16.2. The lowest BCUT2D eigenvalue weighted by atomic mass is 9.93. The van der Waals surface area contributed by atoms with Crippen molar-refractivity contribution in [3.63, 3.8) is 0 Å². The molecule has 0 saturated carbocycles. The number of hydrogen-bond donors (Lipinski definition) is 0. The van der Waals surface area contributed by atoms with Gasteiger partial charge in [-0.15, -0.1) is 0 Å². The Hall–Kier alpha value is -6.45. The minimum absolute atomic E-state index is 0.619. The highest BCUT2D eigenvalue weighted by Crippen LogP contribution is 2.42. The second-order valence-electron chi connectivity index (χ2n) is 12.0. The molecule has 0 N–H and O–H groups in total. The number of nitrogens with zero attached hydrogens (tertiary/aromatic N) is 2. The molecule has 7 aromatic carbocycles. The van der Waals surface area contributed by atoms with Crippen molar-refractivity contribution in [3.8, 4) is 33.4 Å². The Morgan fingerprint density at radius 1 is 0.396 bits per heavy atom. The summed E-state index contributed by atoms with van der Waals surface area (Å²) in [5, 5.41) is 4.31. The molecule has 0 unspecified atom stereocenters. The Bertz CT molecular complexity index is 2540. The average Bonchev–Trinajstić information content (AvgIpc) is 3.55. The molecule has 48 heavy (non-hydrogen) atoms. The molecule has 2 heterocycles. The summed E-state index contributed by atoms with van der Waals surface area (Å²) in [4.78, 5) is 7.42. The molecule has 0 saturated heterocycles. The summed E-state index contributed by atoms with van der Waals surface area (Å²) < 4.78 is 6.54. The van der Waals surface area contributed by atoms with E-state index in [2.05, 4.69) is 181 Å². The van der Waals surface area contributed by atoms with Crippen LogP contribution >= 0.6 is 0 Å². The topological polar surface area (TPSA) is 29.3 Å². The van der Waals surface area contributed by atoms with Crippen LogP contribution in [0.25, 0.3) is 66.2 Å². The second-order valence-corrected chi connectivity index (χ2v) is 12.0. The van der Waals surface area contributed by atoms with Crippen LogP contribution in [0.2, 0.25) is 0 Å². The first kappa shape index (κ1) is 27.8. The van der Waals surface area contributed by atoms with E-state index in [-0.39, 0.29) is 0 Å². The SMILES string of the molecule is c1ccc(-c2ccc(N(c3ccc(-c4ccccc4)c(-c4ccccc4)c3)c3ccc4c(n3)oc3c5ccccc5ccc43)cc2)cc1. The lowest BCUT2D eigenvalue weighted by Gasteiger charge is -2.26. The van der Waals surface area contributed by atoms with E-state index < -0.39 is 0 Å². The van der Waals surface area contributed by atoms with Gasteiger partial charge < -0.3 is 4.42 Å². The van der Waals surface area contributed by atoms with Gasteiger partial charge in [0.05, 0.1) is 0 Å². The van der Waals surface area contributed by atoms with Crippen LogP contribution in [0.15, 0.2) is 186 Å². The third kappa shape index (κ3) is 4.90. The fourth-order valence-electron chi connectivity index (χ4n) is 6.74. The van der Waals surface area contributed by atoms with Gasteiger partial charge in [-0.05, 0) is 81.2 Å². The Morgan fingerprint density at radius 2 is 0.979 bits per heavy atom. The summed E-state index contributed by atoms with van der Waals surface area (Å²) in [6.45, 7) is 0. The lowest BCUT2D eigenvalue weighted by Crippen LogP contribution is -2.11. The van der Waals surface area contributed by atoms with Gasteiger partial charge in [0.15, 0.2) is 0 Å². The zero-order valence-electron chi connectivity index (χ0n) is 26.1. The minimum Gasteiger partial charge on any atom is -0.437 e. The number of furan rings is 1. The fourth-order valence-corrected chi connectivity index (χ4v) is 6.74. The van der Waals surface area contributed by atoms with E-state index in [9.17, 15) is 0 Å². The van der Waals surface area contributed by atoms with Crippen molar-refractivity contribution in [3.05, 3.63) is 182 Å². The Kier molecular flexibility index (Phi) is 6.80. The number of rotatable bonds is 6. The van der Waals surface area contributed by atoms with E-state index in [1.54, 1.807) is 0 Å². The molecular weight excluding hydrogens is 585 g/mol. The predicted octanol–water partition coefficient (Wildman–Crippen LogP) is 12.6. The zero-order valence-corrected chi connectivity index (χ0v) is 26.1. The number of pyridine rings is 1. The molecule has 0 fully saturated rings. The Morgan fingerprint density at radius 3 is 1.71 bits per heavy atom. The first-order chi connectivity index (χ1) is 23.8. The van der Waals surface area contributed by atoms with Crippen molar-refractivity contribution < 1.29 is 4.42 Å². The van der Waals surface area contributed by atoms with Gasteiger partial charge in [0, 0.05) is 27.5 Å². The Balaban J connectivity index is 1.24. The molecule has 2 aromatic heterocycles. The van der Waals surface area contributed by atoms with Gasteiger partial charge in [-0.2, -0.15) is 4.98 Å². The number of fused-ring (bicyclic) bond motifs is 5. The van der Waals surface area contributed by atoms with Gasteiger partial charge in [-0.1, -0.05) is 140 Å². The molecule has 3 nitrogen and oxygen atoms in total. The van der Waals surface area contributed by atoms with Crippen molar-refractivity contribution in [1.29, 1.82) is 0 Å². The largest absolute Gasteiger partial charge is 0.437 e. The molecule has 0 spiro atoms. The third-order valence-electron chi connectivity index (χ3n) is 9.11. The number of anilines is 3. The van der Waals surface area contributed by atoms with Crippen LogP contribution in [-0.4, -0.2) is 4.98 Å². The second kappa shape index (κ2) is 11.7. The summed E-state index contributed by atoms with van der Waals surface area (Å²) in [5.41, 5.74) is 10.5. The van der Waals surface area contributed by atoms with Crippen molar-refractivity contribution in [2.45, 2.75) is 0 Å². The smallest absolute Gasteiger partial charge is 0.229 e. The highest BCUT2D eigenvalue weighted by Gasteiger charge is 2.20. The molecule has 0 amide bonds. The van der Waals surface area contributed by atoms with E-state index in [0.29, 0.717) is 5.71 Å². The normalized spacial score (nSPS) is 11.3. The molecule has 0 aliphatic carbocycles. The Labute approximate surface area is 279 Å². The van der Waals surface area contributed by atoms with Gasteiger partial charge in [0.25, 0.3) is 0 Å². The summed E-state index contributed by atoms with van der Waals surface area (Å²) in [6, 6.07) is 63.9. The number of aromatic nitrogens is 1. The maximum atomic E-state index is 6.54. The van der Waals surface area contributed by atoms with Crippen LogP contribution in [0.5, 0.6) is 0 Å². The highest BCUT2D eigenvalue weighted by atomic mass is 16.3. The van der Waals surface area contributed by atoms with Crippen LogP contribution < -0.4 is 4.90 Å². The van der Waals surface area contributed by atoms with Crippen LogP contribution in [-0.2, 0) is 0 Å². The molecule has 0 aliphatic heterocycles. The van der Waals surface area contributed by atoms with Gasteiger partial charge in [-0.25, -0.2) is 0 Å². The van der Waals surface area contributed by atoms with Gasteiger partial charge in [-0.3, -0.25) is 4.90 Å². The molecule has 0 aliphatic rings. The maximum Gasteiger partial charge on any atom is 0.229 e. The quantitative estimate of drug-likeness (QED) is 0.187. The minimum atomic E-state index is 0.619. The highest BCUT2D eigenvalue weighted by molar-refractivity contribution is 6.14. The van der Waals surface area contributed by atoms with Gasteiger partial charge in [0.1, 0.15) is 11.4 Å². The van der Waals surface area contributed by atoms with Crippen LogP contribution in [0.3, 0.4) is 0 Å². The van der Waals surface area contributed by atoms with Crippen molar-refractivity contribution in [1.82, 2.24) is 4.98 Å². The molecule has 9 aromatic rings. The molecule has 0 atom stereocenters. The molecule has 226 valence electrons. The molecule has 0 radical (unpaired) electrons. The predicted molar refractivity (Wildman–Crippen MR) is 200 cm³/mol. The fraction of sp³-hybridized carbons (Fsp3) is 0. The summed E-state index contributed by atoms with van der Waals surface area (Å²) in [7, 11) is 0. The monoisotopic (exact) mass is 614 g/mol. The van der Waals surface area contributed by atoms with Crippen molar-refractivity contribution in [2.75, 3.05) is 4.90 Å². The maximum absolute atomic E-state index is 6.54. The standard InChI is InChI=1S/C45H30N2O/c1-4-12-31(13-5-1)32-20-23-36(24-21-32)47(37-25-27-38(33-14-6-2-7-15-33)42(30-37)34-16-8-3-9-17-34)43-29-28-41-40-26-22-35-18-10-11-19-39(35)44(40)48-45(41)46-43/h1-30H. The van der Waals surface area contributed by atoms with E-state index in [1.165, 1.54) is 16.7 Å². The van der Waals surface area contributed by atoms with Gasteiger partial charge in [0.2, 0.25) is 5.71 Å². The average molecular weight is 615 g/mol. The van der Waals surface area contributed by atoms with Crippen LogP contribution in [0, 0.1) is 0 Å². The lowest BCUT2D eigenvalue weighted by molar-refractivity contribution is 0.658. The molecule has 3 heteroatoms. The van der Waals surface area contributed by atoms with E-state index in [1.807, 2.05) is 6.07 Å². The van der Waals surface area contributed by atoms with Gasteiger partial charge >= 0.3 is 0 Å². The molecule has 0 bridgehead atoms. The van der Waals surface area contributed by atoms with E-state index in [4.69, 9.17) is 9.40 Å². The van der Waals surface area contributed by atoms with Crippen LogP contribution in [0.1, 0.15) is 0 Å². The van der Waals surface area contributed by atoms with E-state index >= 15 is 0 Å². The van der Waals surface area contributed by atoms with Crippen molar-refractivity contribution in [2.24, 2.45) is 0 Å². The first-order valence-corrected chi connectivity index (χ1v) is 16.2. The van der Waals surface area contributed by atoms with Crippen molar-refractivity contribution >= 4 is 50.0 Å². The summed E-state index contributed by atoms with van der Waals surface area (Å²) >= 11 is 0. The van der Waals surface area contributed by atoms with Crippen LogP contribution in [0.4, 0.5) is 17.2 Å². The third-order valence-corrected chi connectivity index (χ3v) is 9.11. The zero-order chi connectivity index (χ0) is 31.9. The summed E-state index contributed by atoms with van der Waals surface area (Å²) in [5.74, 6) is 0.782. The number of hydrogen-bond acceptors (Lipinski definition) is 3. The number of benzene rings is 7.